The van der Waals surface area contributed by atoms with Gasteiger partial charge in [0.05, 0.1) is 12.8 Å². The Hall–Kier alpha value is -2.93. The lowest BCUT2D eigenvalue weighted by Crippen LogP contribution is -2.54. The summed E-state index contributed by atoms with van der Waals surface area (Å²) in [5.74, 6) is -0.929. The number of carbonyl (C=O) groups is 3. The maximum Gasteiger partial charge on any atom is 0.335 e. The predicted octanol–water partition coefficient (Wildman–Crippen LogP) is 3.74. The van der Waals surface area contributed by atoms with E-state index in [4.69, 9.17) is 4.74 Å². The first-order valence-electron chi connectivity index (χ1n) is 8.14. The third-order valence-electron chi connectivity index (χ3n) is 4.34. The van der Waals surface area contributed by atoms with Gasteiger partial charge in [0, 0.05) is 10.0 Å². The summed E-state index contributed by atoms with van der Waals surface area (Å²) >= 11 is 3.36. The van der Waals surface area contributed by atoms with Gasteiger partial charge in [-0.25, -0.2) is 9.69 Å². The minimum absolute atomic E-state index is 0.149. The van der Waals surface area contributed by atoms with Crippen LogP contribution in [0, 0.1) is 13.8 Å². The fourth-order valence-electron chi connectivity index (χ4n) is 2.73. The van der Waals surface area contributed by atoms with Crippen LogP contribution in [0.1, 0.15) is 16.7 Å². The summed E-state index contributed by atoms with van der Waals surface area (Å²) in [4.78, 5) is 38.5. The quantitative estimate of drug-likeness (QED) is 0.596. The highest BCUT2D eigenvalue weighted by Gasteiger charge is 2.37. The zero-order chi connectivity index (χ0) is 19.7. The first-order chi connectivity index (χ1) is 12.8. The molecule has 0 bridgehead atoms. The third-order valence-corrected chi connectivity index (χ3v) is 4.84. The van der Waals surface area contributed by atoms with Crippen LogP contribution in [0.3, 0.4) is 0 Å². The number of halogens is 1. The summed E-state index contributed by atoms with van der Waals surface area (Å²) in [6.45, 7) is 3.82. The zero-order valence-electron chi connectivity index (χ0n) is 15.0. The molecule has 0 atom stereocenters. The Morgan fingerprint density at radius 1 is 1.04 bits per heavy atom. The maximum atomic E-state index is 13.0. The van der Waals surface area contributed by atoms with Gasteiger partial charge in [-0.05, 0) is 61.4 Å². The molecule has 138 valence electrons. The summed E-state index contributed by atoms with van der Waals surface area (Å²) in [5, 5.41) is 2.22. The Balaban J connectivity index is 2.07. The maximum absolute atomic E-state index is 13.0. The van der Waals surface area contributed by atoms with Gasteiger partial charge in [0.2, 0.25) is 0 Å². The first kappa shape index (κ1) is 18.8. The third kappa shape index (κ3) is 3.64. The van der Waals surface area contributed by atoms with Crippen molar-refractivity contribution in [2.45, 2.75) is 13.8 Å². The SMILES string of the molecule is COc1ccc(Br)cc1/C=C1\C(=O)NC(=O)N(c2ccc(C)c(C)c2)C1=O. The minimum atomic E-state index is -0.772. The second kappa shape index (κ2) is 7.36. The molecule has 3 rings (SSSR count). The van der Waals surface area contributed by atoms with Gasteiger partial charge < -0.3 is 4.74 Å². The molecule has 2 aromatic carbocycles. The normalized spacial score (nSPS) is 15.9. The number of carbonyl (C=O) groups excluding carboxylic acids is 3. The molecule has 1 N–H and O–H groups in total. The molecule has 27 heavy (non-hydrogen) atoms. The van der Waals surface area contributed by atoms with Crippen molar-refractivity contribution < 1.29 is 19.1 Å². The molecule has 1 aliphatic rings. The van der Waals surface area contributed by atoms with Crippen molar-refractivity contribution in [3.63, 3.8) is 0 Å². The van der Waals surface area contributed by atoms with Gasteiger partial charge in [-0.15, -0.1) is 0 Å². The van der Waals surface area contributed by atoms with Gasteiger partial charge in [0.15, 0.2) is 0 Å². The zero-order valence-corrected chi connectivity index (χ0v) is 16.6. The molecule has 1 heterocycles. The molecule has 0 aromatic heterocycles. The van der Waals surface area contributed by atoms with Crippen LogP contribution in [0.15, 0.2) is 46.4 Å². The van der Waals surface area contributed by atoms with E-state index in [9.17, 15) is 14.4 Å². The minimum Gasteiger partial charge on any atom is -0.496 e. The van der Waals surface area contributed by atoms with Gasteiger partial charge >= 0.3 is 6.03 Å². The number of amides is 4. The molecule has 7 heteroatoms. The molecular formula is C20H17BrN2O4. The molecule has 0 unspecified atom stereocenters. The molecule has 0 saturated carbocycles. The lowest BCUT2D eigenvalue weighted by molar-refractivity contribution is -0.122. The van der Waals surface area contributed by atoms with Crippen LogP contribution in [0.2, 0.25) is 0 Å². The van der Waals surface area contributed by atoms with E-state index in [1.165, 1.54) is 13.2 Å². The van der Waals surface area contributed by atoms with E-state index in [0.717, 1.165) is 20.5 Å². The number of anilines is 1. The Morgan fingerprint density at radius 3 is 2.44 bits per heavy atom. The number of hydrogen-bond acceptors (Lipinski definition) is 4. The van der Waals surface area contributed by atoms with Crippen molar-refractivity contribution in [3.05, 3.63) is 63.1 Å². The number of hydrogen-bond donors (Lipinski definition) is 1. The van der Waals surface area contributed by atoms with Crippen LogP contribution < -0.4 is 15.0 Å². The smallest absolute Gasteiger partial charge is 0.335 e. The number of benzene rings is 2. The van der Waals surface area contributed by atoms with Crippen molar-refractivity contribution in [2.75, 3.05) is 12.0 Å². The molecule has 1 fully saturated rings. The van der Waals surface area contributed by atoms with Gasteiger partial charge in [-0.1, -0.05) is 22.0 Å². The standard InChI is InChI=1S/C20H17BrN2O4/c1-11-4-6-15(8-12(11)2)23-19(25)16(18(24)22-20(23)26)10-13-9-14(21)5-7-17(13)27-3/h4-10H,1-3H3,(H,22,24,26)/b16-10+. The van der Waals surface area contributed by atoms with E-state index < -0.39 is 17.8 Å². The number of nitrogens with zero attached hydrogens (tertiary/aromatic N) is 1. The Kier molecular flexibility index (Phi) is 5.14. The molecule has 2 aromatic rings. The van der Waals surface area contributed by atoms with Crippen molar-refractivity contribution in [3.8, 4) is 5.75 Å². The highest BCUT2D eigenvalue weighted by atomic mass is 79.9. The Labute approximate surface area is 164 Å². The van der Waals surface area contributed by atoms with Crippen molar-refractivity contribution in [1.29, 1.82) is 0 Å². The molecular weight excluding hydrogens is 412 g/mol. The van der Waals surface area contributed by atoms with Crippen LogP contribution in [-0.2, 0) is 9.59 Å². The lowest BCUT2D eigenvalue weighted by atomic mass is 10.0. The molecule has 4 amide bonds. The highest BCUT2D eigenvalue weighted by Crippen LogP contribution is 2.28. The van der Waals surface area contributed by atoms with Crippen molar-refractivity contribution in [2.24, 2.45) is 0 Å². The summed E-state index contributed by atoms with van der Waals surface area (Å²) in [5.41, 5.74) is 2.77. The molecule has 1 saturated heterocycles. The van der Waals surface area contributed by atoms with E-state index in [1.54, 1.807) is 30.3 Å². The summed E-state index contributed by atoms with van der Waals surface area (Å²) < 4.78 is 6.05. The fourth-order valence-corrected chi connectivity index (χ4v) is 3.11. The number of urea groups is 1. The second-order valence-corrected chi connectivity index (χ2v) is 7.03. The summed E-state index contributed by atoms with van der Waals surface area (Å²) in [7, 11) is 1.50. The van der Waals surface area contributed by atoms with E-state index in [2.05, 4.69) is 21.2 Å². The van der Waals surface area contributed by atoms with Crippen molar-refractivity contribution in [1.82, 2.24) is 5.32 Å². The van der Waals surface area contributed by atoms with Gasteiger partial charge in [0.25, 0.3) is 11.8 Å². The monoisotopic (exact) mass is 428 g/mol. The Bertz CT molecular complexity index is 997. The number of aryl methyl sites for hydroxylation is 2. The van der Waals surface area contributed by atoms with Gasteiger partial charge in [0.1, 0.15) is 11.3 Å². The van der Waals surface area contributed by atoms with Crippen LogP contribution in [-0.4, -0.2) is 25.0 Å². The van der Waals surface area contributed by atoms with E-state index in [-0.39, 0.29) is 5.57 Å². The number of imide groups is 2. The number of ether oxygens (including phenoxy) is 1. The van der Waals surface area contributed by atoms with E-state index >= 15 is 0 Å². The average molecular weight is 429 g/mol. The van der Waals surface area contributed by atoms with Gasteiger partial charge in [-0.3, -0.25) is 14.9 Å². The molecule has 0 aliphatic carbocycles. The highest BCUT2D eigenvalue weighted by molar-refractivity contribution is 9.10. The first-order valence-corrected chi connectivity index (χ1v) is 8.93. The van der Waals surface area contributed by atoms with Crippen LogP contribution in [0.4, 0.5) is 10.5 Å². The number of methoxy groups -OCH3 is 1. The number of barbiturate groups is 1. The molecule has 0 radical (unpaired) electrons. The predicted molar refractivity (Wildman–Crippen MR) is 106 cm³/mol. The molecule has 0 spiro atoms. The molecule has 6 nitrogen and oxygen atoms in total. The average Bonchev–Trinajstić information content (AvgIpc) is 2.61. The van der Waals surface area contributed by atoms with Crippen molar-refractivity contribution >= 4 is 45.5 Å². The number of rotatable bonds is 3. The molecule has 1 aliphatic heterocycles. The topological polar surface area (TPSA) is 75.7 Å². The van der Waals surface area contributed by atoms with Gasteiger partial charge in [-0.2, -0.15) is 0 Å². The van der Waals surface area contributed by atoms with Crippen LogP contribution >= 0.6 is 15.9 Å². The van der Waals surface area contributed by atoms with Crippen LogP contribution in [0.5, 0.6) is 5.75 Å². The summed E-state index contributed by atoms with van der Waals surface area (Å²) in [6, 6.07) is 9.69. The number of nitrogens with one attached hydrogen (secondary N) is 1. The fraction of sp³-hybridized carbons (Fsp3) is 0.150. The van der Waals surface area contributed by atoms with E-state index in [1.807, 2.05) is 19.9 Å². The largest absolute Gasteiger partial charge is 0.496 e. The van der Waals surface area contributed by atoms with Crippen LogP contribution in [0.25, 0.3) is 6.08 Å². The van der Waals surface area contributed by atoms with E-state index in [0.29, 0.717) is 17.0 Å². The Morgan fingerprint density at radius 2 is 1.78 bits per heavy atom. The lowest BCUT2D eigenvalue weighted by Gasteiger charge is -2.27. The summed E-state index contributed by atoms with van der Waals surface area (Å²) in [6.07, 6.45) is 1.42. The second-order valence-electron chi connectivity index (χ2n) is 6.11.